The van der Waals surface area contributed by atoms with Gasteiger partial charge >= 0.3 is 6.18 Å². The Hall–Kier alpha value is -0.790. The lowest BCUT2D eigenvalue weighted by atomic mass is 9.67. The van der Waals surface area contributed by atoms with Gasteiger partial charge in [-0.25, -0.2) is 13.1 Å². The molecule has 0 heterocycles. The highest BCUT2D eigenvalue weighted by Gasteiger charge is 2.49. The summed E-state index contributed by atoms with van der Waals surface area (Å²) in [7, 11) is -4.26. The zero-order valence-corrected chi connectivity index (χ0v) is 13.0. The smallest absolute Gasteiger partial charge is 0.207 e. The molecule has 0 amide bonds. The molecule has 8 heteroatoms. The second-order valence-corrected chi connectivity index (χ2v) is 7.90. The maximum absolute atomic E-state index is 12.9. The fourth-order valence-corrected chi connectivity index (χ4v) is 4.22. The second kappa shape index (κ2) is 5.14. The van der Waals surface area contributed by atoms with E-state index in [1.165, 1.54) is 6.07 Å². The lowest BCUT2D eigenvalue weighted by Crippen LogP contribution is -2.59. The fraction of sp³-hybridized carbons (Fsp3) is 0.538. The van der Waals surface area contributed by atoms with Crippen LogP contribution in [0, 0.1) is 5.41 Å². The Balaban J connectivity index is 2.34. The van der Waals surface area contributed by atoms with Gasteiger partial charge in [-0.1, -0.05) is 26.0 Å². The Morgan fingerprint density at radius 1 is 1.29 bits per heavy atom. The summed E-state index contributed by atoms with van der Waals surface area (Å²) >= 11 is 6.00. The van der Waals surface area contributed by atoms with E-state index in [1.807, 2.05) is 0 Å². The number of sulfonamides is 1. The summed E-state index contributed by atoms with van der Waals surface area (Å²) in [4.78, 5) is -0.758. The summed E-state index contributed by atoms with van der Waals surface area (Å²) in [5, 5.41) is -0.206. The molecule has 3 nitrogen and oxygen atoms in total. The summed E-state index contributed by atoms with van der Waals surface area (Å²) in [6.07, 6.45) is -4.34. The molecule has 2 atom stereocenters. The van der Waals surface area contributed by atoms with Crippen molar-refractivity contribution in [3.05, 3.63) is 29.8 Å². The summed E-state index contributed by atoms with van der Waals surface area (Å²) < 4.78 is 65.6. The quantitative estimate of drug-likeness (QED) is 0.857. The molecule has 0 saturated heterocycles. The number of benzene rings is 1. The topological polar surface area (TPSA) is 46.2 Å². The molecule has 0 aromatic heterocycles. The van der Waals surface area contributed by atoms with E-state index in [0.717, 1.165) is 18.2 Å². The van der Waals surface area contributed by atoms with Gasteiger partial charge in [-0.05, 0) is 24.0 Å². The molecular formula is C13H15ClF3NO2S. The van der Waals surface area contributed by atoms with Gasteiger partial charge in [-0.3, -0.25) is 0 Å². The molecule has 2 unspecified atom stereocenters. The van der Waals surface area contributed by atoms with Gasteiger partial charge in [0.15, 0.2) is 0 Å². The lowest BCUT2D eigenvalue weighted by molar-refractivity contribution is -0.139. The molecule has 1 aromatic rings. The third kappa shape index (κ3) is 3.05. The van der Waals surface area contributed by atoms with Crippen molar-refractivity contribution in [1.29, 1.82) is 0 Å². The van der Waals surface area contributed by atoms with Crippen molar-refractivity contribution < 1.29 is 21.6 Å². The number of alkyl halides is 4. The monoisotopic (exact) mass is 341 g/mol. The summed E-state index contributed by atoms with van der Waals surface area (Å²) in [5.74, 6) is 0. The van der Waals surface area contributed by atoms with E-state index in [2.05, 4.69) is 4.72 Å². The molecule has 0 aliphatic heterocycles. The van der Waals surface area contributed by atoms with Crippen LogP contribution in [0.15, 0.2) is 29.2 Å². The standard InChI is InChI=1S/C13H15ClF3NO2S/c1-12(2)10(14)7-11(12)18-21(19,20)9-6-4-3-5-8(9)13(15,16)17/h3-6,10-11,18H,7H2,1-2H3. The van der Waals surface area contributed by atoms with Gasteiger partial charge in [0.25, 0.3) is 0 Å². The van der Waals surface area contributed by atoms with Crippen LogP contribution in [0.1, 0.15) is 25.8 Å². The molecule has 1 aromatic carbocycles. The third-order valence-electron chi connectivity index (χ3n) is 3.93. The normalized spacial score (nSPS) is 25.4. The number of hydrogen-bond acceptors (Lipinski definition) is 2. The minimum absolute atomic E-state index is 0.206. The van der Waals surface area contributed by atoms with Gasteiger partial charge in [0.2, 0.25) is 10.0 Å². The van der Waals surface area contributed by atoms with Crippen LogP contribution < -0.4 is 4.72 Å². The third-order valence-corrected chi connectivity index (χ3v) is 6.20. The summed E-state index contributed by atoms with van der Waals surface area (Å²) in [5.41, 5.74) is -1.67. The largest absolute Gasteiger partial charge is 0.417 e. The van der Waals surface area contributed by atoms with E-state index in [0.29, 0.717) is 6.42 Å². The maximum Gasteiger partial charge on any atom is 0.417 e. The molecule has 0 radical (unpaired) electrons. The second-order valence-electron chi connectivity index (χ2n) is 5.69. The van der Waals surface area contributed by atoms with Crippen molar-refractivity contribution in [1.82, 2.24) is 4.72 Å². The highest BCUT2D eigenvalue weighted by Crippen LogP contribution is 2.45. The molecular weight excluding hydrogens is 327 g/mol. The minimum Gasteiger partial charge on any atom is -0.207 e. The van der Waals surface area contributed by atoms with Crippen LogP contribution in [0.4, 0.5) is 13.2 Å². The van der Waals surface area contributed by atoms with Crippen LogP contribution in [0.3, 0.4) is 0 Å². The molecule has 1 aliphatic rings. The predicted molar refractivity (Wildman–Crippen MR) is 73.6 cm³/mol. The van der Waals surface area contributed by atoms with E-state index in [4.69, 9.17) is 11.6 Å². The molecule has 1 N–H and O–H groups in total. The summed E-state index contributed by atoms with van der Waals surface area (Å²) in [6, 6.07) is 3.65. The maximum atomic E-state index is 12.9. The van der Waals surface area contributed by atoms with Gasteiger partial charge in [-0.15, -0.1) is 11.6 Å². The van der Waals surface area contributed by atoms with Crippen molar-refractivity contribution in [3.63, 3.8) is 0 Å². The van der Waals surface area contributed by atoms with Gasteiger partial charge in [-0.2, -0.15) is 13.2 Å². The highest BCUT2D eigenvalue weighted by atomic mass is 35.5. The molecule has 0 spiro atoms. The van der Waals surface area contributed by atoms with Gasteiger partial charge in [0, 0.05) is 11.4 Å². The van der Waals surface area contributed by atoms with E-state index in [-0.39, 0.29) is 5.38 Å². The molecule has 1 aliphatic carbocycles. The molecule has 1 fully saturated rings. The van der Waals surface area contributed by atoms with Crippen LogP contribution in [-0.4, -0.2) is 19.8 Å². The van der Waals surface area contributed by atoms with Crippen molar-refractivity contribution >= 4 is 21.6 Å². The Bertz CT molecular complexity index is 643. The van der Waals surface area contributed by atoms with Crippen LogP contribution in [0.25, 0.3) is 0 Å². The Kier molecular flexibility index (Phi) is 4.06. The zero-order valence-electron chi connectivity index (χ0n) is 11.4. The number of halogens is 4. The Morgan fingerprint density at radius 3 is 2.33 bits per heavy atom. The van der Waals surface area contributed by atoms with Crippen molar-refractivity contribution in [2.24, 2.45) is 5.41 Å². The SMILES string of the molecule is CC1(C)C(Cl)CC1NS(=O)(=O)c1ccccc1C(F)(F)F. The van der Waals surface area contributed by atoms with Crippen LogP contribution in [0.2, 0.25) is 0 Å². The lowest BCUT2D eigenvalue weighted by Gasteiger charge is -2.49. The van der Waals surface area contributed by atoms with Crippen molar-refractivity contribution in [3.8, 4) is 0 Å². The fourth-order valence-electron chi connectivity index (χ4n) is 2.26. The van der Waals surface area contributed by atoms with E-state index in [1.54, 1.807) is 13.8 Å². The summed E-state index contributed by atoms with van der Waals surface area (Å²) in [6.45, 7) is 3.55. The molecule has 118 valence electrons. The first-order valence-electron chi connectivity index (χ1n) is 6.29. The highest BCUT2D eigenvalue weighted by molar-refractivity contribution is 7.89. The van der Waals surface area contributed by atoms with Gasteiger partial charge in [0.05, 0.1) is 10.5 Å². The van der Waals surface area contributed by atoms with E-state index < -0.39 is 38.1 Å². The number of rotatable bonds is 3. The van der Waals surface area contributed by atoms with E-state index in [9.17, 15) is 21.6 Å². The van der Waals surface area contributed by atoms with Crippen molar-refractivity contribution in [2.45, 2.75) is 42.8 Å². The Morgan fingerprint density at radius 2 is 1.86 bits per heavy atom. The first-order chi connectivity index (χ1) is 9.46. The number of hydrogen-bond donors (Lipinski definition) is 1. The van der Waals surface area contributed by atoms with Crippen LogP contribution >= 0.6 is 11.6 Å². The van der Waals surface area contributed by atoms with Crippen LogP contribution in [0.5, 0.6) is 0 Å². The van der Waals surface area contributed by atoms with Gasteiger partial charge in [0.1, 0.15) is 0 Å². The molecule has 0 bridgehead atoms. The van der Waals surface area contributed by atoms with E-state index >= 15 is 0 Å². The predicted octanol–water partition coefficient (Wildman–Crippen LogP) is 3.39. The average Bonchev–Trinajstić information content (AvgIpc) is 2.37. The Labute approximate surface area is 126 Å². The number of nitrogens with one attached hydrogen (secondary N) is 1. The van der Waals surface area contributed by atoms with Gasteiger partial charge < -0.3 is 0 Å². The average molecular weight is 342 g/mol. The first-order valence-corrected chi connectivity index (χ1v) is 8.21. The first kappa shape index (κ1) is 16.6. The zero-order chi connectivity index (χ0) is 16.1. The van der Waals surface area contributed by atoms with Crippen LogP contribution in [-0.2, 0) is 16.2 Å². The molecule has 2 rings (SSSR count). The van der Waals surface area contributed by atoms with Crippen molar-refractivity contribution in [2.75, 3.05) is 0 Å². The molecule has 21 heavy (non-hydrogen) atoms. The molecule has 1 saturated carbocycles. The minimum atomic E-state index is -4.73.